The van der Waals surface area contributed by atoms with E-state index in [1.165, 1.54) is 37.8 Å². The van der Waals surface area contributed by atoms with Gasteiger partial charge in [-0.1, -0.05) is 5.21 Å². The maximum Gasteiger partial charge on any atom is 0.224 e. The van der Waals surface area contributed by atoms with E-state index in [9.17, 15) is 14.7 Å². The Morgan fingerprint density at radius 1 is 1.26 bits per heavy atom. The van der Waals surface area contributed by atoms with E-state index in [0.717, 1.165) is 0 Å². The summed E-state index contributed by atoms with van der Waals surface area (Å²) < 4.78 is 21.3. The minimum atomic E-state index is -1.29. The number of rotatable bonds is 5. The van der Waals surface area contributed by atoms with Gasteiger partial charge in [0.1, 0.15) is 29.1 Å². The molecule has 0 fully saturated rings. The molecule has 10 nitrogen and oxygen atoms in total. The summed E-state index contributed by atoms with van der Waals surface area (Å²) in [7, 11) is 1.34. The second kappa shape index (κ2) is 7.43. The van der Waals surface area contributed by atoms with Crippen LogP contribution >= 0.6 is 0 Å². The third-order valence-electron chi connectivity index (χ3n) is 4.75. The summed E-state index contributed by atoms with van der Waals surface area (Å²) in [5, 5.41) is 31.5. The van der Waals surface area contributed by atoms with Crippen LogP contribution in [0, 0.1) is 11.0 Å². The van der Waals surface area contributed by atoms with E-state index in [0.29, 0.717) is 27.2 Å². The lowest BCUT2D eigenvalue weighted by atomic mass is 10.0. The average molecular weight is 425 g/mol. The van der Waals surface area contributed by atoms with Crippen molar-refractivity contribution in [3.8, 4) is 17.1 Å². The zero-order chi connectivity index (χ0) is 22.3. The van der Waals surface area contributed by atoms with E-state index in [1.807, 2.05) is 0 Å². The van der Waals surface area contributed by atoms with Gasteiger partial charge in [0.2, 0.25) is 17.3 Å². The van der Waals surface area contributed by atoms with Gasteiger partial charge in [0.15, 0.2) is 11.6 Å². The topological polar surface area (TPSA) is 139 Å². The van der Waals surface area contributed by atoms with E-state index < -0.39 is 11.4 Å². The predicted octanol–water partition coefficient (Wildman–Crippen LogP) is 1.53. The highest BCUT2D eigenvalue weighted by Gasteiger charge is 2.27. The highest BCUT2D eigenvalue weighted by atomic mass is 19.1. The van der Waals surface area contributed by atoms with E-state index in [-0.39, 0.29) is 29.5 Å². The van der Waals surface area contributed by atoms with Gasteiger partial charge in [-0.05, 0) is 32.0 Å². The van der Waals surface area contributed by atoms with Crippen molar-refractivity contribution in [3.05, 3.63) is 58.9 Å². The van der Waals surface area contributed by atoms with Crippen LogP contribution in [0.3, 0.4) is 0 Å². The number of methoxy groups -OCH3 is 1. The van der Waals surface area contributed by atoms with Crippen molar-refractivity contribution in [2.24, 2.45) is 0 Å². The first kappa shape index (κ1) is 20.4. The Hall–Kier alpha value is -3.86. The van der Waals surface area contributed by atoms with Gasteiger partial charge in [-0.3, -0.25) is 0 Å². The van der Waals surface area contributed by atoms with E-state index >= 15 is 0 Å². The molecule has 0 atom stereocenters. The van der Waals surface area contributed by atoms with Crippen molar-refractivity contribution in [3.63, 3.8) is 0 Å². The lowest BCUT2D eigenvalue weighted by Crippen LogP contribution is -2.43. The lowest BCUT2D eigenvalue weighted by Gasteiger charge is -2.18. The van der Waals surface area contributed by atoms with Crippen molar-refractivity contribution < 1.29 is 19.0 Å². The van der Waals surface area contributed by atoms with Crippen LogP contribution in [0.5, 0.6) is 5.75 Å². The van der Waals surface area contributed by atoms with Crippen LogP contribution in [-0.4, -0.2) is 37.2 Å². The summed E-state index contributed by atoms with van der Waals surface area (Å²) in [5.74, 6) is -0.693. The summed E-state index contributed by atoms with van der Waals surface area (Å²) >= 11 is 0. The Labute approximate surface area is 176 Å². The zero-order valence-electron chi connectivity index (χ0n) is 17.1. The van der Waals surface area contributed by atoms with Gasteiger partial charge in [0, 0.05) is 17.5 Å². The molecule has 160 valence electrons. The van der Waals surface area contributed by atoms with Gasteiger partial charge in [-0.25, -0.2) is 19.0 Å². The van der Waals surface area contributed by atoms with Crippen LogP contribution in [0.15, 0.2) is 36.5 Å². The molecule has 11 heteroatoms. The number of nitrogens with zero attached hydrogens (tertiary/aromatic N) is 6. The standard InChI is InChI=1S/C20H20FN7O3/c1-20(2,29)15-6-4-5-11(28(15)30)9-27-10-14(25-26-27)16-12-7-8-13(21)18(31-3)17(12)24-19(22)23-16/h4-8,10,29H,9H2,1-3H3,(H2,22,23,24). The lowest BCUT2D eigenvalue weighted by molar-refractivity contribution is -0.630. The van der Waals surface area contributed by atoms with Crippen molar-refractivity contribution in [2.75, 3.05) is 12.8 Å². The van der Waals surface area contributed by atoms with Crippen molar-refractivity contribution in [2.45, 2.75) is 26.0 Å². The normalized spacial score (nSPS) is 11.8. The fraction of sp³-hybridized carbons (Fsp3) is 0.250. The average Bonchev–Trinajstić information content (AvgIpc) is 3.16. The van der Waals surface area contributed by atoms with Gasteiger partial charge in [0.25, 0.3) is 0 Å². The number of fused-ring (bicyclic) bond motifs is 1. The number of nitrogen functional groups attached to an aromatic ring is 1. The quantitative estimate of drug-likeness (QED) is 0.362. The number of anilines is 1. The summed E-state index contributed by atoms with van der Waals surface area (Å²) in [6, 6.07) is 7.64. The second-order valence-corrected chi connectivity index (χ2v) is 7.46. The number of hydrogen-bond acceptors (Lipinski definition) is 8. The molecule has 3 heterocycles. The Kier molecular flexibility index (Phi) is 4.90. The van der Waals surface area contributed by atoms with Crippen LogP contribution in [-0.2, 0) is 12.1 Å². The molecule has 0 amide bonds. The first-order valence-electron chi connectivity index (χ1n) is 9.33. The van der Waals surface area contributed by atoms with E-state index in [1.54, 1.807) is 24.4 Å². The number of hydrogen-bond donors (Lipinski definition) is 2. The Balaban J connectivity index is 1.75. The number of halogens is 1. The molecular weight excluding hydrogens is 405 g/mol. The van der Waals surface area contributed by atoms with Gasteiger partial charge >= 0.3 is 0 Å². The molecule has 0 bridgehead atoms. The first-order valence-corrected chi connectivity index (χ1v) is 9.33. The minimum absolute atomic E-state index is 0.0453. The highest BCUT2D eigenvalue weighted by Crippen LogP contribution is 2.32. The van der Waals surface area contributed by atoms with Crippen molar-refractivity contribution in [1.29, 1.82) is 0 Å². The molecule has 1 aromatic carbocycles. The molecule has 3 aromatic heterocycles. The largest absolute Gasteiger partial charge is 0.618 e. The molecule has 3 N–H and O–H groups in total. The molecule has 0 radical (unpaired) electrons. The molecule has 31 heavy (non-hydrogen) atoms. The van der Waals surface area contributed by atoms with Crippen LogP contribution in [0.1, 0.15) is 25.2 Å². The number of pyridine rings is 1. The number of ether oxygens (including phenoxy) is 1. The minimum Gasteiger partial charge on any atom is -0.618 e. The smallest absolute Gasteiger partial charge is 0.224 e. The van der Waals surface area contributed by atoms with Gasteiger partial charge in [-0.15, -0.1) is 5.10 Å². The van der Waals surface area contributed by atoms with Crippen LogP contribution in [0.4, 0.5) is 10.3 Å². The van der Waals surface area contributed by atoms with Crippen molar-refractivity contribution in [1.82, 2.24) is 25.0 Å². The van der Waals surface area contributed by atoms with Crippen LogP contribution in [0.2, 0.25) is 0 Å². The summed E-state index contributed by atoms with van der Waals surface area (Å²) in [6.07, 6.45) is 1.59. The summed E-state index contributed by atoms with van der Waals surface area (Å²) in [6.45, 7) is 3.18. The Morgan fingerprint density at radius 3 is 2.74 bits per heavy atom. The van der Waals surface area contributed by atoms with E-state index in [4.69, 9.17) is 10.5 Å². The fourth-order valence-corrected chi connectivity index (χ4v) is 3.31. The third kappa shape index (κ3) is 3.70. The molecule has 0 unspecified atom stereocenters. The molecule has 0 aliphatic rings. The SMILES string of the molecule is COc1c(F)ccc2c(-c3cn(Cc4cccc(C(C)(C)O)[n+]4[O-])nn3)nc(N)nc12. The molecule has 4 aromatic rings. The molecular formula is C20H20FN7O3. The fourth-order valence-electron chi connectivity index (χ4n) is 3.31. The van der Waals surface area contributed by atoms with Crippen molar-refractivity contribution >= 4 is 16.9 Å². The number of benzene rings is 1. The van der Waals surface area contributed by atoms with E-state index in [2.05, 4.69) is 20.3 Å². The number of aliphatic hydroxyl groups is 1. The van der Waals surface area contributed by atoms with Gasteiger partial charge in [0.05, 0.1) is 13.3 Å². The van der Waals surface area contributed by atoms with Gasteiger partial charge < -0.3 is 20.8 Å². The number of aromatic nitrogens is 6. The molecule has 0 aliphatic heterocycles. The summed E-state index contributed by atoms with van der Waals surface area (Å²) in [4.78, 5) is 8.32. The van der Waals surface area contributed by atoms with Crippen LogP contribution in [0.25, 0.3) is 22.3 Å². The van der Waals surface area contributed by atoms with Gasteiger partial charge in [-0.2, -0.15) is 4.73 Å². The number of nitrogens with two attached hydrogens (primary N) is 1. The first-order chi connectivity index (χ1) is 14.7. The maximum atomic E-state index is 14.1. The highest BCUT2D eigenvalue weighted by molar-refractivity contribution is 5.95. The molecule has 0 saturated heterocycles. The molecule has 0 saturated carbocycles. The third-order valence-corrected chi connectivity index (χ3v) is 4.75. The molecule has 4 rings (SSSR count). The zero-order valence-corrected chi connectivity index (χ0v) is 17.1. The van der Waals surface area contributed by atoms with Crippen LogP contribution < -0.4 is 15.2 Å². The monoisotopic (exact) mass is 425 g/mol. The predicted molar refractivity (Wildman–Crippen MR) is 109 cm³/mol. The Morgan fingerprint density at radius 2 is 2.03 bits per heavy atom. The molecule has 0 aliphatic carbocycles. The molecule has 0 spiro atoms. The second-order valence-electron chi connectivity index (χ2n) is 7.46. The maximum absolute atomic E-state index is 14.1. The summed E-state index contributed by atoms with van der Waals surface area (Å²) in [5.41, 5.74) is 6.05. The Bertz CT molecular complexity index is 1280.